The molecule has 0 radical (unpaired) electrons. The molecule has 4 heteroatoms. The van der Waals surface area contributed by atoms with Crippen molar-refractivity contribution in [3.8, 4) is 0 Å². The van der Waals surface area contributed by atoms with Gasteiger partial charge in [0.25, 0.3) is 5.91 Å². The van der Waals surface area contributed by atoms with E-state index in [0.29, 0.717) is 17.0 Å². The van der Waals surface area contributed by atoms with Crippen LogP contribution in [0.1, 0.15) is 36.2 Å². The minimum Gasteiger partial charge on any atom is -0.346 e. The van der Waals surface area contributed by atoms with Crippen molar-refractivity contribution in [1.82, 2.24) is 5.32 Å². The number of rotatable bonds is 4. The number of carbonyl (C=O) groups excluding carboxylic acids is 1. The SMILES string of the molecule is CCC(C)(CCl)NC(=O)c1ccc(F)c(C)c1. The molecule has 2 nitrogen and oxygen atoms in total. The standard InChI is InChI=1S/C13H17ClFNO/c1-4-13(3,8-14)16-12(17)10-5-6-11(15)9(2)7-10/h5-7H,4,8H2,1-3H3,(H,16,17). The number of aryl methyl sites for hydroxylation is 1. The number of carbonyl (C=O) groups is 1. The number of halogens is 2. The summed E-state index contributed by atoms with van der Waals surface area (Å²) in [6.45, 7) is 5.47. The molecule has 0 aliphatic heterocycles. The lowest BCUT2D eigenvalue weighted by molar-refractivity contribution is 0.0912. The van der Waals surface area contributed by atoms with Crippen molar-refractivity contribution in [3.63, 3.8) is 0 Å². The second-order valence-electron chi connectivity index (χ2n) is 4.47. The van der Waals surface area contributed by atoms with Gasteiger partial charge in [0.1, 0.15) is 5.82 Å². The summed E-state index contributed by atoms with van der Waals surface area (Å²) >= 11 is 5.82. The third-order valence-corrected chi connectivity index (χ3v) is 3.50. The predicted molar refractivity (Wildman–Crippen MR) is 68.0 cm³/mol. The van der Waals surface area contributed by atoms with Gasteiger partial charge >= 0.3 is 0 Å². The van der Waals surface area contributed by atoms with E-state index in [1.54, 1.807) is 6.92 Å². The fourth-order valence-electron chi connectivity index (χ4n) is 1.35. The molecule has 1 unspecified atom stereocenters. The summed E-state index contributed by atoms with van der Waals surface area (Å²) in [5, 5.41) is 2.86. The Morgan fingerprint density at radius 3 is 2.65 bits per heavy atom. The highest BCUT2D eigenvalue weighted by atomic mass is 35.5. The maximum atomic E-state index is 13.1. The van der Waals surface area contributed by atoms with Crippen LogP contribution in [0.5, 0.6) is 0 Å². The van der Waals surface area contributed by atoms with Gasteiger partial charge < -0.3 is 5.32 Å². The van der Waals surface area contributed by atoms with Crippen molar-refractivity contribution in [2.24, 2.45) is 0 Å². The first kappa shape index (κ1) is 14.0. The molecule has 0 aliphatic carbocycles. The zero-order chi connectivity index (χ0) is 13.1. The fraction of sp³-hybridized carbons (Fsp3) is 0.462. The predicted octanol–water partition coefficient (Wildman–Crippen LogP) is 3.27. The van der Waals surface area contributed by atoms with Crippen LogP contribution in [0.2, 0.25) is 0 Å². The topological polar surface area (TPSA) is 29.1 Å². The molecular formula is C13H17ClFNO. The Balaban J connectivity index is 2.86. The fourth-order valence-corrected chi connectivity index (χ4v) is 1.60. The maximum absolute atomic E-state index is 13.1. The summed E-state index contributed by atoms with van der Waals surface area (Å²) in [5.41, 5.74) is 0.483. The first-order valence-corrected chi connectivity index (χ1v) is 6.10. The number of hydrogen-bond donors (Lipinski definition) is 1. The molecule has 0 saturated carbocycles. The zero-order valence-corrected chi connectivity index (χ0v) is 11.1. The van der Waals surface area contributed by atoms with Gasteiger partial charge in [0, 0.05) is 11.4 Å². The third kappa shape index (κ3) is 3.43. The molecule has 1 amide bonds. The van der Waals surface area contributed by atoms with Crippen LogP contribution in [0.15, 0.2) is 18.2 Å². The molecule has 1 aromatic carbocycles. The summed E-state index contributed by atoms with van der Waals surface area (Å²) in [4.78, 5) is 11.9. The molecule has 1 rings (SSSR count). The largest absolute Gasteiger partial charge is 0.346 e. The van der Waals surface area contributed by atoms with Gasteiger partial charge in [0.05, 0.1) is 5.54 Å². The summed E-state index contributed by atoms with van der Waals surface area (Å²) < 4.78 is 13.1. The van der Waals surface area contributed by atoms with Gasteiger partial charge in [-0.15, -0.1) is 11.6 Å². The van der Waals surface area contributed by atoms with Crippen molar-refractivity contribution in [3.05, 3.63) is 35.1 Å². The molecule has 0 aromatic heterocycles. The summed E-state index contributed by atoms with van der Waals surface area (Å²) in [6.07, 6.45) is 0.739. The van der Waals surface area contributed by atoms with E-state index in [0.717, 1.165) is 6.42 Å². The number of nitrogens with one attached hydrogen (secondary N) is 1. The average molecular weight is 258 g/mol. The van der Waals surface area contributed by atoms with Crippen molar-refractivity contribution < 1.29 is 9.18 Å². The quantitative estimate of drug-likeness (QED) is 0.824. The number of benzene rings is 1. The number of alkyl halides is 1. The van der Waals surface area contributed by atoms with Crippen LogP contribution in [0.25, 0.3) is 0 Å². The van der Waals surface area contributed by atoms with Crippen molar-refractivity contribution in [2.45, 2.75) is 32.7 Å². The van der Waals surface area contributed by atoms with Gasteiger partial charge in [0.2, 0.25) is 0 Å². The molecule has 1 aromatic rings. The Labute approximate surface area is 106 Å². The molecule has 0 heterocycles. The second kappa shape index (κ2) is 5.50. The lowest BCUT2D eigenvalue weighted by Gasteiger charge is -2.27. The van der Waals surface area contributed by atoms with Crippen molar-refractivity contribution in [1.29, 1.82) is 0 Å². The molecular weight excluding hydrogens is 241 g/mol. The Hall–Kier alpha value is -1.09. The summed E-state index contributed by atoms with van der Waals surface area (Å²) in [7, 11) is 0. The molecule has 94 valence electrons. The van der Waals surface area contributed by atoms with E-state index in [1.807, 2.05) is 13.8 Å². The van der Waals surface area contributed by atoms with Gasteiger partial charge in [-0.3, -0.25) is 4.79 Å². The average Bonchev–Trinajstić information content (AvgIpc) is 2.32. The van der Waals surface area contributed by atoms with Crippen molar-refractivity contribution >= 4 is 17.5 Å². The second-order valence-corrected chi connectivity index (χ2v) is 4.73. The highest BCUT2D eigenvalue weighted by Gasteiger charge is 2.23. The Morgan fingerprint density at radius 2 is 2.18 bits per heavy atom. The molecule has 0 bridgehead atoms. The minimum atomic E-state index is -0.430. The summed E-state index contributed by atoms with van der Waals surface area (Å²) in [6, 6.07) is 4.31. The maximum Gasteiger partial charge on any atom is 0.251 e. The van der Waals surface area contributed by atoms with Gasteiger partial charge in [-0.05, 0) is 44.0 Å². The van der Waals surface area contributed by atoms with E-state index in [4.69, 9.17) is 11.6 Å². The molecule has 1 N–H and O–H groups in total. The van der Waals surface area contributed by atoms with Crippen LogP contribution < -0.4 is 5.32 Å². The Morgan fingerprint density at radius 1 is 1.53 bits per heavy atom. The molecule has 0 spiro atoms. The first-order chi connectivity index (χ1) is 7.91. The van der Waals surface area contributed by atoms with Gasteiger partial charge in [-0.2, -0.15) is 0 Å². The van der Waals surface area contributed by atoms with Crippen LogP contribution >= 0.6 is 11.6 Å². The van der Waals surface area contributed by atoms with E-state index in [2.05, 4.69) is 5.32 Å². The lowest BCUT2D eigenvalue weighted by atomic mass is 10.0. The molecule has 0 saturated heterocycles. The Bertz CT molecular complexity index is 416. The van der Waals surface area contributed by atoms with Gasteiger partial charge in [-0.25, -0.2) is 4.39 Å². The van der Waals surface area contributed by atoms with Crippen LogP contribution in [0, 0.1) is 12.7 Å². The van der Waals surface area contributed by atoms with E-state index >= 15 is 0 Å². The van der Waals surface area contributed by atoms with Gasteiger partial charge in [0.15, 0.2) is 0 Å². The highest BCUT2D eigenvalue weighted by molar-refractivity contribution is 6.18. The van der Waals surface area contributed by atoms with E-state index in [1.165, 1.54) is 18.2 Å². The van der Waals surface area contributed by atoms with E-state index < -0.39 is 5.54 Å². The number of amides is 1. The number of hydrogen-bond acceptors (Lipinski definition) is 1. The smallest absolute Gasteiger partial charge is 0.251 e. The van der Waals surface area contributed by atoms with Crippen molar-refractivity contribution in [2.75, 3.05) is 5.88 Å². The normalized spacial score (nSPS) is 14.2. The third-order valence-electron chi connectivity index (χ3n) is 2.91. The lowest BCUT2D eigenvalue weighted by Crippen LogP contribution is -2.47. The van der Waals surface area contributed by atoms with Crippen LogP contribution in [-0.2, 0) is 0 Å². The molecule has 17 heavy (non-hydrogen) atoms. The van der Waals surface area contributed by atoms with Crippen LogP contribution in [0.3, 0.4) is 0 Å². The molecule has 0 aliphatic rings. The highest BCUT2D eigenvalue weighted by Crippen LogP contribution is 2.14. The monoisotopic (exact) mass is 257 g/mol. The Kier molecular flexibility index (Phi) is 4.52. The van der Waals surface area contributed by atoms with E-state index in [9.17, 15) is 9.18 Å². The minimum absolute atomic E-state index is 0.224. The van der Waals surface area contributed by atoms with E-state index in [-0.39, 0.29) is 11.7 Å². The first-order valence-electron chi connectivity index (χ1n) is 5.56. The van der Waals surface area contributed by atoms with Gasteiger partial charge in [-0.1, -0.05) is 6.92 Å². The molecule has 1 atom stereocenters. The molecule has 0 fully saturated rings. The summed E-state index contributed by atoms with van der Waals surface area (Å²) in [5.74, 6) is -0.190. The van der Waals surface area contributed by atoms with Crippen LogP contribution in [-0.4, -0.2) is 17.3 Å². The zero-order valence-electron chi connectivity index (χ0n) is 10.3. The van der Waals surface area contributed by atoms with Crippen LogP contribution in [0.4, 0.5) is 4.39 Å².